The van der Waals surface area contributed by atoms with Crippen molar-refractivity contribution in [2.45, 2.75) is 0 Å². The molecule has 0 saturated carbocycles. The molecule has 2 nitrogen and oxygen atoms in total. The van der Waals surface area contributed by atoms with Crippen molar-refractivity contribution >= 4 is 11.6 Å². The van der Waals surface area contributed by atoms with Gasteiger partial charge in [-0.3, -0.25) is 0 Å². The Kier molecular flexibility index (Phi) is 2.91. The lowest BCUT2D eigenvalue weighted by molar-refractivity contribution is 1.29. The van der Waals surface area contributed by atoms with Crippen LogP contribution in [0.1, 0.15) is 5.56 Å². The molecule has 0 spiro atoms. The first-order chi connectivity index (χ1) is 5.34. The van der Waals surface area contributed by atoms with Crippen LogP contribution in [0.4, 0.5) is 0 Å². The predicted molar refractivity (Wildman–Crippen MR) is 45.2 cm³/mol. The summed E-state index contributed by atoms with van der Waals surface area (Å²) < 4.78 is 0. The summed E-state index contributed by atoms with van der Waals surface area (Å²) in [6.07, 6.45) is 1.62. The predicted octanol–water partition coefficient (Wildman–Crippen LogP) is 1.05. The second-order valence-electron chi connectivity index (χ2n) is 1.85. The normalized spacial score (nSPS) is 8.55. The smallest absolute Gasteiger partial charge is 0.144 e. The zero-order valence-corrected chi connectivity index (χ0v) is 6.60. The van der Waals surface area contributed by atoms with Crippen molar-refractivity contribution in [1.29, 1.82) is 0 Å². The van der Waals surface area contributed by atoms with Crippen LogP contribution in [0, 0.1) is 11.8 Å². The van der Waals surface area contributed by atoms with Crippen molar-refractivity contribution < 1.29 is 0 Å². The molecule has 0 aliphatic rings. The lowest BCUT2D eigenvalue weighted by Crippen LogP contribution is -1.93. The Labute approximate surface area is 70.4 Å². The van der Waals surface area contributed by atoms with Crippen LogP contribution >= 0.6 is 11.6 Å². The Bertz CT molecular complexity index is 298. The summed E-state index contributed by atoms with van der Waals surface area (Å²) in [5.41, 5.74) is 5.91. The van der Waals surface area contributed by atoms with E-state index in [4.69, 9.17) is 17.3 Å². The summed E-state index contributed by atoms with van der Waals surface area (Å²) in [5, 5.41) is 0.424. The molecular formula is C8H7ClN2. The number of nitrogens with zero attached hydrogens (tertiary/aromatic N) is 1. The maximum absolute atomic E-state index is 5.71. The molecule has 1 rings (SSSR count). The Morgan fingerprint density at radius 2 is 2.45 bits per heavy atom. The summed E-state index contributed by atoms with van der Waals surface area (Å²) >= 11 is 5.71. The molecule has 0 fully saturated rings. The van der Waals surface area contributed by atoms with E-state index in [1.54, 1.807) is 18.3 Å². The number of rotatable bonds is 0. The summed E-state index contributed by atoms with van der Waals surface area (Å²) in [6.45, 7) is 0.339. The zero-order chi connectivity index (χ0) is 8.10. The molecule has 2 N–H and O–H groups in total. The van der Waals surface area contributed by atoms with Gasteiger partial charge in [-0.2, -0.15) is 0 Å². The van der Waals surface area contributed by atoms with E-state index in [1.165, 1.54) is 0 Å². The summed E-state index contributed by atoms with van der Waals surface area (Å²) in [5.74, 6) is 5.50. The fourth-order valence-electron chi connectivity index (χ4n) is 0.626. The number of pyridine rings is 1. The lowest BCUT2D eigenvalue weighted by atomic mass is 10.3. The van der Waals surface area contributed by atoms with Crippen molar-refractivity contribution in [3.63, 3.8) is 0 Å². The number of nitrogens with two attached hydrogens (primary N) is 1. The monoisotopic (exact) mass is 166 g/mol. The average molecular weight is 167 g/mol. The SMILES string of the molecule is NCC#Cc1cccnc1Cl. The molecule has 1 aromatic heterocycles. The third-order valence-electron chi connectivity index (χ3n) is 1.08. The van der Waals surface area contributed by atoms with E-state index >= 15 is 0 Å². The molecule has 0 aliphatic carbocycles. The summed E-state index contributed by atoms with van der Waals surface area (Å²) in [7, 11) is 0. The van der Waals surface area contributed by atoms with Crippen LogP contribution in [0.25, 0.3) is 0 Å². The number of hydrogen-bond donors (Lipinski definition) is 1. The molecule has 0 aromatic carbocycles. The standard InChI is InChI=1S/C8H7ClN2/c9-8-7(3-1-5-10)4-2-6-11-8/h2,4,6H,5,10H2. The van der Waals surface area contributed by atoms with Gasteiger partial charge in [0.1, 0.15) is 5.15 Å². The highest BCUT2D eigenvalue weighted by molar-refractivity contribution is 6.30. The van der Waals surface area contributed by atoms with Gasteiger partial charge in [-0.25, -0.2) is 4.98 Å². The molecule has 0 unspecified atom stereocenters. The van der Waals surface area contributed by atoms with Crippen LogP contribution in [-0.4, -0.2) is 11.5 Å². The molecule has 0 bridgehead atoms. The van der Waals surface area contributed by atoms with Crippen LogP contribution in [0.2, 0.25) is 5.15 Å². The van der Waals surface area contributed by atoms with Crippen molar-refractivity contribution in [3.8, 4) is 11.8 Å². The minimum absolute atomic E-state index is 0.339. The third kappa shape index (κ3) is 2.23. The van der Waals surface area contributed by atoms with E-state index in [0.717, 1.165) is 5.56 Å². The van der Waals surface area contributed by atoms with E-state index < -0.39 is 0 Å². The number of hydrogen-bond acceptors (Lipinski definition) is 2. The fraction of sp³-hybridized carbons (Fsp3) is 0.125. The van der Waals surface area contributed by atoms with Crippen LogP contribution in [0.3, 0.4) is 0 Å². The molecule has 0 atom stereocenters. The molecule has 56 valence electrons. The first-order valence-electron chi connectivity index (χ1n) is 3.14. The molecule has 0 radical (unpaired) electrons. The molecule has 0 saturated heterocycles. The van der Waals surface area contributed by atoms with E-state index in [9.17, 15) is 0 Å². The van der Waals surface area contributed by atoms with Gasteiger partial charge in [-0.05, 0) is 12.1 Å². The number of aromatic nitrogens is 1. The molecular weight excluding hydrogens is 160 g/mol. The minimum atomic E-state index is 0.339. The number of halogens is 1. The van der Waals surface area contributed by atoms with Gasteiger partial charge in [-0.15, -0.1) is 0 Å². The van der Waals surface area contributed by atoms with E-state index in [0.29, 0.717) is 11.7 Å². The Morgan fingerprint density at radius 1 is 1.64 bits per heavy atom. The lowest BCUT2D eigenvalue weighted by Gasteiger charge is -1.90. The van der Waals surface area contributed by atoms with Gasteiger partial charge in [0.15, 0.2) is 0 Å². The van der Waals surface area contributed by atoms with Crippen LogP contribution < -0.4 is 5.73 Å². The van der Waals surface area contributed by atoms with Crippen molar-refractivity contribution in [3.05, 3.63) is 29.0 Å². The van der Waals surface area contributed by atoms with Gasteiger partial charge < -0.3 is 5.73 Å². The average Bonchev–Trinajstić information content (AvgIpc) is 2.03. The Morgan fingerprint density at radius 3 is 3.09 bits per heavy atom. The molecule has 1 heterocycles. The van der Waals surface area contributed by atoms with E-state index in [-0.39, 0.29) is 0 Å². The maximum atomic E-state index is 5.71. The maximum Gasteiger partial charge on any atom is 0.144 e. The fourth-order valence-corrected chi connectivity index (χ4v) is 0.792. The first-order valence-corrected chi connectivity index (χ1v) is 3.52. The van der Waals surface area contributed by atoms with Crippen LogP contribution in [0.15, 0.2) is 18.3 Å². The van der Waals surface area contributed by atoms with E-state index in [2.05, 4.69) is 16.8 Å². The van der Waals surface area contributed by atoms with Crippen LogP contribution in [0.5, 0.6) is 0 Å². The largest absolute Gasteiger partial charge is 0.320 e. The van der Waals surface area contributed by atoms with Gasteiger partial charge in [-0.1, -0.05) is 23.4 Å². The van der Waals surface area contributed by atoms with E-state index in [1.807, 2.05) is 0 Å². The third-order valence-corrected chi connectivity index (χ3v) is 1.39. The molecule has 3 heteroatoms. The summed E-state index contributed by atoms with van der Waals surface area (Å²) in [6, 6.07) is 3.59. The molecule has 0 amide bonds. The second-order valence-corrected chi connectivity index (χ2v) is 2.21. The van der Waals surface area contributed by atoms with Gasteiger partial charge in [0.05, 0.1) is 12.1 Å². The minimum Gasteiger partial charge on any atom is -0.320 e. The van der Waals surface area contributed by atoms with Gasteiger partial charge in [0.25, 0.3) is 0 Å². The summed E-state index contributed by atoms with van der Waals surface area (Å²) in [4.78, 5) is 3.85. The van der Waals surface area contributed by atoms with Crippen LogP contribution in [-0.2, 0) is 0 Å². The Balaban J connectivity index is 2.95. The van der Waals surface area contributed by atoms with Gasteiger partial charge in [0, 0.05) is 6.20 Å². The van der Waals surface area contributed by atoms with Gasteiger partial charge >= 0.3 is 0 Å². The van der Waals surface area contributed by atoms with Crippen molar-refractivity contribution in [2.24, 2.45) is 5.73 Å². The molecule has 0 aliphatic heterocycles. The highest BCUT2D eigenvalue weighted by Gasteiger charge is 1.92. The van der Waals surface area contributed by atoms with Crippen molar-refractivity contribution in [2.75, 3.05) is 6.54 Å². The molecule has 11 heavy (non-hydrogen) atoms. The zero-order valence-electron chi connectivity index (χ0n) is 5.84. The topological polar surface area (TPSA) is 38.9 Å². The molecule has 1 aromatic rings. The van der Waals surface area contributed by atoms with Gasteiger partial charge in [0.2, 0.25) is 0 Å². The highest BCUT2D eigenvalue weighted by atomic mass is 35.5. The highest BCUT2D eigenvalue weighted by Crippen LogP contribution is 2.08. The quantitative estimate of drug-likeness (QED) is 0.462. The van der Waals surface area contributed by atoms with Crippen molar-refractivity contribution in [1.82, 2.24) is 4.98 Å². The second kappa shape index (κ2) is 3.97. The first kappa shape index (κ1) is 8.06. The Hall–Kier alpha value is -1.04.